The van der Waals surface area contributed by atoms with Crippen molar-refractivity contribution in [3.63, 3.8) is 0 Å². The molecule has 106 valence electrons. The first-order valence-electron chi connectivity index (χ1n) is 6.55. The summed E-state index contributed by atoms with van der Waals surface area (Å²) in [4.78, 5) is 12.1. The van der Waals surface area contributed by atoms with Crippen molar-refractivity contribution in [2.45, 2.75) is 6.42 Å². The Morgan fingerprint density at radius 1 is 1.19 bits per heavy atom. The molecule has 0 saturated carbocycles. The Labute approximate surface area is 126 Å². The van der Waals surface area contributed by atoms with Crippen molar-refractivity contribution in [3.8, 4) is 5.75 Å². The Balaban J connectivity index is 2.14. The minimum Gasteiger partial charge on any atom is -0.496 e. The lowest BCUT2D eigenvalue weighted by atomic mass is 9.99. The molecule has 3 nitrogen and oxygen atoms in total. The summed E-state index contributed by atoms with van der Waals surface area (Å²) < 4.78 is 5.46. The highest BCUT2D eigenvalue weighted by molar-refractivity contribution is 7.10. The quantitative estimate of drug-likeness (QED) is 0.785. The molecule has 1 aromatic heterocycles. The lowest BCUT2D eigenvalue weighted by Crippen LogP contribution is -2.00. The van der Waals surface area contributed by atoms with Gasteiger partial charge in [-0.05, 0) is 28.3 Å². The maximum atomic E-state index is 11.3. The fourth-order valence-corrected chi connectivity index (χ4v) is 3.40. The summed E-state index contributed by atoms with van der Waals surface area (Å²) in [5.41, 5.74) is 1.40. The van der Waals surface area contributed by atoms with Gasteiger partial charge in [-0.2, -0.15) is 0 Å². The molecule has 0 unspecified atom stereocenters. The van der Waals surface area contributed by atoms with Crippen LogP contribution in [0.25, 0.3) is 10.8 Å². The van der Waals surface area contributed by atoms with E-state index in [1.807, 2.05) is 41.8 Å². The third kappa shape index (κ3) is 2.50. The molecule has 0 bridgehead atoms. The molecule has 21 heavy (non-hydrogen) atoms. The molecule has 0 aliphatic rings. The van der Waals surface area contributed by atoms with Crippen LogP contribution in [0.5, 0.6) is 5.75 Å². The van der Waals surface area contributed by atoms with Gasteiger partial charge < -0.3 is 9.84 Å². The van der Waals surface area contributed by atoms with Crippen molar-refractivity contribution in [1.82, 2.24) is 0 Å². The molecule has 3 aromatic rings. The Kier molecular flexibility index (Phi) is 3.62. The molecule has 0 fully saturated rings. The highest BCUT2D eigenvalue weighted by Crippen LogP contribution is 2.32. The Morgan fingerprint density at radius 3 is 2.76 bits per heavy atom. The number of benzene rings is 2. The van der Waals surface area contributed by atoms with E-state index >= 15 is 0 Å². The van der Waals surface area contributed by atoms with Gasteiger partial charge in [0.05, 0.1) is 12.7 Å². The third-order valence-corrected chi connectivity index (χ3v) is 4.45. The molecule has 0 spiro atoms. The number of aromatic carboxylic acids is 1. The highest BCUT2D eigenvalue weighted by atomic mass is 32.1. The number of carbonyl (C=O) groups is 1. The van der Waals surface area contributed by atoms with Gasteiger partial charge in [-0.1, -0.05) is 30.3 Å². The van der Waals surface area contributed by atoms with Crippen LogP contribution in [0.2, 0.25) is 0 Å². The van der Waals surface area contributed by atoms with E-state index in [0.29, 0.717) is 12.0 Å². The van der Waals surface area contributed by atoms with E-state index in [4.69, 9.17) is 4.74 Å². The van der Waals surface area contributed by atoms with E-state index in [1.54, 1.807) is 13.2 Å². The third-order valence-electron chi connectivity index (χ3n) is 3.53. The van der Waals surface area contributed by atoms with E-state index in [0.717, 1.165) is 27.0 Å². The second-order valence-electron chi connectivity index (χ2n) is 4.71. The summed E-state index contributed by atoms with van der Waals surface area (Å²) in [6.07, 6.45) is 0.559. The van der Waals surface area contributed by atoms with E-state index in [2.05, 4.69) is 0 Å². The number of methoxy groups -OCH3 is 1. The molecule has 0 radical (unpaired) electrons. The van der Waals surface area contributed by atoms with Crippen LogP contribution in [0.15, 0.2) is 47.8 Å². The summed E-state index contributed by atoms with van der Waals surface area (Å²) in [6, 6.07) is 13.7. The number of fused-ring (bicyclic) bond motifs is 1. The zero-order valence-corrected chi connectivity index (χ0v) is 12.3. The smallest absolute Gasteiger partial charge is 0.336 e. The summed E-state index contributed by atoms with van der Waals surface area (Å²) in [7, 11) is 1.64. The molecule has 2 aromatic carbocycles. The molecule has 0 atom stereocenters. The van der Waals surface area contributed by atoms with Crippen LogP contribution in [0.1, 0.15) is 20.8 Å². The van der Waals surface area contributed by atoms with Crippen LogP contribution in [0, 0.1) is 0 Å². The van der Waals surface area contributed by atoms with Crippen molar-refractivity contribution < 1.29 is 14.6 Å². The van der Waals surface area contributed by atoms with E-state index in [1.165, 1.54) is 11.3 Å². The van der Waals surface area contributed by atoms with Gasteiger partial charge in [-0.25, -0.2) is 4.79 Å². The maximum Gasteiger partial charge on any atom is 0.336 e. The number of hydrogen-bond donors (Lipinski definition) is 1. The molecule has 3 rings (SSSR count). The number of carboxylic acids is 1. The van der Waals surface area contributed by atoms with Crippen molar-refractivity contribution in [3.05, 3.63) is 63.8 Å². The fourth-order valence-electron chi connectivity index (χ4n) is 2.52. The molecule has 1 heterocycles. The second-order valence-corrected chi connectivity index (χ2v) is 5.71. The van der Waals surface area contributed by atoms with Crippen LogP contribution in [-0.4, -0.2) is 18.2 Å². The number of rotatable bonds is 4. The summed E-state index contributed by atoms with van der Waals surface area (Å²) in [6.45, 7) is 0. The second kappa shape index (κ2) is 5.58. The van der Waals surface area contributed by atoms with Gasteiger partial charge in [-0.15, -0.1) is 11.3 Å². The van der Waals surface area contributed by atoms with E-state index in [9.17, 15) is 9.90 Å². The van der Waals surface area contributed by atoms with Crippen LogP contribution >= 0.6 is 11.3 Å². The molecule has 0 aliphatic heterocycles. The largest absolute Gasteiger partial charge is 0.496 e. The number of thiophene rings is 1. The first-order chi connectivity index (χ1) is 10.2. The number of ether oxygens (including phenoxy) is 1. The summed E-state index contributed by atoms with van der Waals surface area (Å²) >= 11 is 1.46. The topological polar surface area (TPSA) is 46.5 Å². The minimum atomic E-state index is -0.884. The molecule has 0 amide bonds. The van der Waals surface area contributed by atoms with Crippen molar-refractivity contribution >= 4 is 28.1 Å². The lowest BCUT2D eigenvalue weighted by Gasteiger charge is -2.12. The zero-order valence-electron chi connectivity index (χ0n) is 11.5. The molecule has 1 N–H and O–H groups in total. The van der Waals surface area contributed by atoms with Gasteiger partial charge in [0.1, 0.15) is 5.75 Å². The first kappa shape index (κ1) is 13.6. The van der Waals surface area contributed by atoms with Crippen LogP contribution < -0.4 is 4.74 Å². The molecular formula is C17H14O3S. The Morgan fingerprint density at radius 2 is 2.00 bits per heavy atom. The van der Waals surface area contributed by atoms with Crippen molar-refractivity contribution in [2.75, 3.05) is 7.11 Å². The average molecular weight is 298 g/mol. The predicted molar refractivity (Wildman–Crippen MR) is 84.6 cm³/mol. The molecule has 0 saturated heterocycles. The summed E-state index contributed by atoms with van der Waals surface area (Å²) in [5, 5.41) is 13.3. The molecular weight excluding hydrogens is 284 g/mol. The van der Waals surface area contributed by atoms with Gasteiger partial charge in [0.2, 0.25) is 0 Å². The van der Waals surface area contributed by atoms with Gasteiger partial charge in [0, 0.05) is 16.9 Å². The van der Waals surface area contributed by atoms with Crippen LogP contribution in [-0.2, 0) is 6.42 Å². The Hall–Kier alpha value is -2.33. The highest BCUT2D eigenvalue weighted by Gasteiger charge is 2.15. The van der Waals surface area contributed by atoms with Gasteiger partial charge in [-0.3, -0.25) is 0 Å². The standard InChI is InChI=1S/C17H14O3S/c1-20-15-7-6-11-4-2-3-5-12(11)14(15)10-16-13(17(18)19)8-9-21-16/h2-9H,10H2,1H3,(H,18,19). The summed E-state index contributed by atoms with van der Waals surface area (Å²) in [5.74, 6) is -0.0936. The number of carboxylic acid groups (broad SMARTS) is 1. The van der Waals surface area contributed by atoms with Crippen molar-refractivity contribution in [1.29, 1.82) is 0 Å². The van der Waals surface area contributed by atoms with Gasteiger partial charge in [0.15, 0.2) is 0 Å². The normalized spacial score (nSPS) is 10.7. The molecule has 0 aliphatic carbocycles. The fraction of sp³-hybridized carbons (Fsp3) is 0.118. The SMILES string of the molecule is COc1ccc2ccccc2c1Cc1sccc1C(=O)O. The predicted octanol–water partition coefficient (Wildman–Crippen LogP) is 4.20. The van der Waals surface area contributed by atoms with Gasteiger partial charge >= 0.3 is 5.97 Å². The lowest BCUT2D eigenvalue weighted by molar-refractivity contribution is 0.0696. The van der Waals surface area contributed by atoms with E-state index in [-0.39, 0.29) is 0 Å². The first-order valence-corrected chi connectivity index (χ1v) is 7.43. The van der Waals surface area contributed by atoms with Crippen molar-refractivity contribution in [2.24, 2.45) is 0 Å². The Bertz CT molecular complexity index is 805. The van der Waals surface area contributed by atoms with Crippen LogP contribution in [0.3, 0.4) is 0 Å². The van der Waals surface area contributed by atoms with Crippen LogP contribution in [0.4, 0.5) is 0 Å². The average Bonchev–Trinajstić information content (AvgIpc) is 2.96. The monoisotopic (exact) mass is 298 g/mol. The molecule has 4 heteroatoms. The minimum absolute atomic E-state index is 0.370. The number of hydrogen-bond acceptors (Lipinski definition) is 3. The maximum absolute atomic E-state index is 11.3. The van der Waals surface area contributed by atoms with E-state index < -0.39 is 5.97 Å². The van der Waals surface area contributed by atoms with Gasteiger partial charge in [0.25, 0.3) is 0 Å². The zero-order chi connectivity index (χ0) is 14.8.